The Kier molecular flexibility index (Phi) is 7.09. The Morgan fingerprint density at radius 1 is 1.15 bits per heavy atom. The fourth-order valence-electron chi connectivity index (χ4n) is 7.50. The second-order valence-electron chi connectivity index (χ2n) is 13.0. The summed E-state index contributed by atoms with van der Waals surface area (Å²) >= 11 is 0. The molecule has 40 heavy (non-hydrogen) atoms. The van der Waals surface area contributed by atoms with E-state index in [1.165, 1.54) is 18.6 Å². The van der Waals surface area contributed by atoms with Crippen LogP contribution in [0.25, 0.3) is 0 Å². The third-order valence-corrected chi connectivity index (χ3v) is 10.2. The standard InChI is InChI=1S/C32H41F2N5O/c1-19-17-39(12-10-35-19)31(37-29-14-23-13-27(20(29)2)32(23,3)4)36-25-8-6-22-18-38(30(40)26(22)16-25)11-9-21-5-7-24(33)15-28(21)34/h5-8,15-16,19-20,23,27,29,35H,9-14,17-18H2,1-4H3,(H,36,37)/t19-,20-,23+,27-,29-/m0/s1. The number of aliphatic imine (C=N–C) groups is 1. The third kappa shape index (κ3) is 5.00. The minimum Gasteiger partial charge on any atom is -0.340 e. The lowest BCUT2D eigenvalue weighted by Crippen LogP contribution is -2.57. The molecule has 1 amide bonds. The predicted molar refractivity (Wildman–Crippen MR) is 154 cm³/mol. The first-order chi connectivity index (χ1) is 19.1. The maximum Gasteiger partial charge on any atom is 0.254 e. The van der Waals surface area contributed by atoms with Gasteiger partial charge in [0, 0.05) is 56.1 Å². The van der Waals surface area contributed by atoms with Crippen molar-refractivity contribution in [2.45, 2.75) is 65.6 Å². The van der Waals surface area contributed by atoms with E-state index >= 15 is 0 Å². The topological polar surface area (TPSA) is 60.0 Å². The van der Waals surface area contributed by atoms with Gasteiger partial charge in [-0.25, -0.2) is 13.8 Å². The van der Waals surface area contributed by atoms with E-state index in [0.29, 0.717) is 54.1 Å². The minimum atomic E-state index is -0.595. The van der Waals surface area contributed by atoms with Crippen molar-refractivity contribution in [2.24, 2.45) is 28.2 Å². The Balaban J connectivity index is 1.19. The highest BCUT2D eigenvalue weighted by molar-refractivity contribution is 6.01. The summed E-state index contributed by atoms with van der Waals surface area (Å²) in [7, 11) is 0. The fourth-order valence-corrected chi connectivity index (χ4v) is 7.50. The van der Waals surface area contributed by atoms with E-state index in [4.69, 9.17) is 4.99 Å². The first-order valence-electron chi connectivity index (χ1n) is 14.8. The Morgan fingerprint density at radius 2 is 1.98 bits per heavy atom. The van der Waals surface area contributed by atoms with Crippen LogP contribution in [0.2, 0.25) is 0 Å². The molecule has 4 fully saturated rings. The SMILES string of the molecule is C[C@@H]1[C@@H](N=C(Nc2ccc3c(c2)C(=O)N(CCc2ccc(F)cc2F)C3)N2CCN[C@@H](C)C2)C[C@H]2C[C@@H]1C2(C)C. The van der Waals surface area contributed by atoms with Crippen LogP contribution in [0.1, 0.15) is 62.0 Å². The molecule has 0 aromatic heterocycles. The van der Waals surface area contributed by atoms with Gasteiger partial charge in [0.05, 0.1) is 6.04 Å². The van der Waals surface area contributed by atoms with E-state index in [2.05, 4.69) is 43.2 Å². The lowest BCUT2D eigenvalue weighted by Gasteiger charge is -2.61. The number of nitrogens with one attached hydrogen (secondary N) is 2. The van der Waals surface area contributed by atoms with Gasteiger partial charge in [0.15, 0.2) is 5.96 Å². The van der Waals surface area contributed by atoms with Crippen molar-refractivity contribution < 1.29 is 13.6 Å². The van der Waals surface area contributed by atoms with Crippen LogP contribution in [-0.4, -0.2) is 59.9 Å². The van der Waals surface area contributed by atoms with Crippen LogP contribution < -0.4 is 10.6 Å². The molecule has 3 saturated carbocycles. The third-order valence-electron chi connectivity index (χ3n) is 10.2. The molecule has 1 saturated heterocycles. The van der Waals surface area contributed by atoms with E-state index in [0.717, 1.165) is 61.2 Å². The highest BCUT2D eigenvalue weighted by atomic mass is 19.1. The highest BCUT2D eigenvalue weighted by Gasteiger charge is 2.56. The molecular weight excluding hydrogens is 508 g/mol. The number of hydrogen-bond acceptors (Lipinski definition) is 3. The number of carbonyl (C=O) groups is 1. The van der Waals surface area contributed by atoms with Gasteiger partial charge in [-0.05, 0) is 78.7 Å². The molecule has 5 atom stereocenters. The van der Waals surface area contributed by atoms with Crippen molar-refractivity contribution in [3.63, 3.8) is 0 Å². The Morgan fingerprint density at radius 3 is 2.70 bits per heavy atom. The van der Waals surface area contributed by atoms with Crippen LogP contribution in [0.5, 0.6) is 0 Å². The van der Waals surface area contributed by atoms with Crippen LogP contribution in [0.15, 0.2) is 41.4 Å². The molecule has 0 unspecified atom stereocenters. The lowest BCUT2D eigenvalue weighted by atomic mass is 9.45. The average Bonchev–Trinajstić information content (AvgIpc) is 3.23. The summed E-state index contributed by atoms with van der Waals surface area (Å²) in [4.78, 5) is 22.7. The zero-order valence-corrected chi connectivity index (χ0v) is 24.0. The second kappa shape index (κ2) is 10.4. The number of fused-ring (bicyclic) bond motifs is 3. The van der Waals surface area contributed by atoms with Crippen molar-refractivity contribution in [2.75, 3.05) is 31.5 Å². The summed E-state index contributed by atoms with van der Waals surface area (Å²) < 4.78 is 27.4. The number of nitrogens with zero attached hydrogens (tertiary/aromatic N) is 3. The molecule has 8 heteroatoms. The van der Waals surface area contributed by atoms with Crippen molar-refractivity contribution in [3.8, 4) is 0 Å². The first kappa shape index (κ1) is 27.2. The predicted octanol–water partition coefficient (Wildman–Crippen LogP) is 5.30. The molecule has 2 aromatic rings. The zero-order valence-electron chi connectivity index (χ0n) is 24.0. The van der Waals surface area contributed by atoms with E-state index in [1.54, 1.807) is 4.90 Å². The molecular formula is C32H41F2N5O. The van der Waals surface area contributed by atoms with E-state index in [-0.39, 0.29) is 5.91 Å². The molecule has 6 nitrogen and oxygen atoms in total. The molecule has 3 aliphatic carbocycles. The van der Waals surface area contributed by atoms with Crippen molar-refractivity contribution in [3.05, 3.63) is 64.7 Å². The molecule has 214 valence electrons. The largest absolute Gasteiger partial charge is 0.340 e. The Hall–Kier alpha value is -3.00. The number of guanidine groups is 1. The molecule has 0 spiro atoms. The average molecular weight is 550 g/mol. The highest BCUT2D eigenvalue weighted by Crippen LogP contribution is 2.61. The monoisotopic (exact) mass is 549 g/mol. The molecule has 7 rings (SSSR count). The van der Waals surface area contributed by atoms with Crippen LogP contribution >= 0.6 is 0 Å². The number of piperazine rings is 1. The quantitative estimate of drug-likeness (QED) is 0.393. The fraction of sp³-hybridized carbons (Fsp3) is 0.562. The number of carbonyl (C=O) groups excluding carboxylic acids is 1. The summed E-state index contributed by atoms with van der Waals surface area (Å²) in [6.07, 6.45) is 2.79. The molecule has 2 bridgehead atoms. The number of halogens is 2. The van der Waals surface area contributed by atoms with Gasteiger partial charge >= 0.3 is 0 Å². The molecule has 2 N–H and O–H groups in total. The maximum absolute atomic E-state index is 14.1. The van der Waals surface area contributed by atoms with E-state index < -0.39 is 11.6 Å². The van der Waals surface area contributed by atoms with Gasteiger partial charge in [0.25, 0.3) is 5.91 Å². The minimum absolute atomic E-state index is 0.0568. The lowest BCUT2D eigenvalue weighted by molar-refractivity contribution is -0.108. The number of anilines is 1. The molecule has 5 aliphatic rings. The summed E-state index contributed by atoms with van der Waals surface area (Å²) in [5.74, 6) is 1.67. The number of amides is 1. The molecule has 2 aromatic carbocycles. The summed E-state index contributed by atoms with van der Waals surface area (Å²) in [5.41, 5.74) is 3.32. The zero-order chi connectivity index (χ0) is 28.2. The van der Waals surface area contributed by atoms with Crippen molar-refractivity contribution >= 4 is 17.6 Å². The Labute approximate surface area is 236 Å². The summed E-state index contributed by atoms with van der Waals surface area (Å²) in [6, 6.07) is 10.2. The second-order valence-corrected chi connectivity index (χ2v) is 13.0. The molecule has 2 aliphatic heterocycles. The number of rotatable bonds is 5. The Bertz CT molecular complexity index is 1330. The summed E-state index contributed by atoms with van der Waals surface area (Å²) in [5, 5.41) is 7.14. The van der Waals surface area contributed by atoms with E-state index in [1.807, 2.05) is 18.2 Å². The van der Waals surface area contributed by atoms with Crippen LogP contribution in [0.3, 0.4) is 0 Å². The normalized spacial score (nSPS) is 29.3. The number of hydrogen-bond donors (Lipinski definition) is 2. The van der Waals surface area contributed by atoms with Gasteiger partial charge in [-0.15, -0.1) is 0 Å². The number of benzene rings is 2. The van der Waals surface area contributed by atoms with Gasteiger partial charge in [-0.2, -0.15) is 0 Å². The summed E-state index contributed by atoms with van der Waals surface area (Å²) in [6.45, 7) is 12.9. The van der Waals surface area contributed by atoms with Crippen molar-refractivity contribution in [1.29, 1.82) is 0 Å². The smallest absolute Gasteiger partial charge is 0.254 e. The van der Waals surface area contributed by atoms with E-state index in [9.17, 15) is 13.6 Å². The van der Waals surface area contributed by atoms with Gasteiger partial charge in [0.2, 0.25) is 0 Å². The van der Waals surface area contributed by atoms with Crippen LogP contribution in [0, 0.1) is 34.8 Å². The van der Waals surface area contributed by atoms with Gasteiger partial charge in [0.1, 0.15) is 11.6 Å². The maximum atomic E-state index is 14.1. The van der Waals surface area contributed by atoms with Crippen LogP contribution in [0.4, 0.5) is 14.5 Å². The van der Waals surface area contributed by atoms with Crippen LogP contribution in [-0.2, 0) is 13.0 Å². The molecule has 2 heterocycles. The van der Waals surface area contributed by atoms with Crippen molar-refractivity contribution in [1.82, 2.24) is 15.1 Å². The van der Waals surface area contributed by atoms with Gasteiger partial charge in [-0.1, -0.05) is 32.9 Å². The van der Waals surface area contributed by atoms with Gasteiger partial charge < -0.3 is 20.4 Å². The molecule has 0 radical (unpaired) electrons. The van der Waals surface area contributed by atoms with Gasteiger partial charge in [-0.3, -0.25) is 4.79 Å². The first-order valence-corrected chi connectivity index (χ1v) is 14.8.